The number of nitrogens with zero attached hydrogens (tertiary/aromatic N) is 3. The van der Waals surface area contributed by atoms with Crippen molar-refractivity contribution in [1.29, 1.82) is 0 Å². The van der Waals surface area contributed by atoms with Crippen LogP contribution in [0.3, 0.4) is 0 Å². The van der Waals surface area contributed by atoms with E-state index in [2.05, 4.69) is 45.8 Å². The zero-order valence-corrected chi connectivity index (χ0v) is 13.7. The first kappa shape index (κ1) is 15.0. The molecule has 0 amide bonds. The molecule has 2 aromatic heterocycles. The van der Waals surface area contributed by atoms with Crippen molar-refractivity contribution in [2.24, 2.45) is 0 Å². The van der Waals surface area contributed by atoms with Crippen molar-refractivity contribution in [3.8, 4) is 0 Å². The molecule has 3 heterocycles. The van der Waals surface area contributed by atoms with Crippen LogP contribution >= 0.6 is 0 Å². The summed E-state index contributed by atoms with van der Waals surface area (Å²) in [6, 6.07) is 2.04. The Morgan fingerprint density at radius 3 is 2.77 bits per heavy atom. The molecule has 6 heteroatoms. The number of aryl methyl sites for hydroxylation is 1. The highest BCUT2D eigenvalue weighted by molar-refractivity contribution is 5.23. The van der Waals surface area contributed by atoms with E-state index in [9.17, 15) is 4.79 Å². The van der Waals surface area contributed by atoms with Gasteiger partial charge >= 0.3 is 0 Å². The standard InChI is InChI=1S/C16H23N5O/c1-10-7-11(20-19-10)8-21-6-5-13-12(9-21)14(22)18-15(17-13)16(2,3)4/h7H,5-6,8-9H2,1-4H3,(H,19,20)(H,17,18,22). The van der Waals surface area contributed by atoms with E-state index in [0.717, 1.165) is 48.0 Å². The molecule has 0 aliphatic carbocycles. The van der Waals surface area contributed by atoms with Crippen LogP contribution in [0.25, 0.3) is 0 Å². The van der Waals surface area contributed by atoms with Gasteiger partial charge in [0.05, 0.1) is 17.0 Å². The lowest BCUT2D eigenvalue weighted by atomic mass is 9.95. The summed E-state index contributed by atoms with van der Waals surface area (Å²) < 4.78 is 0. The van der Waals surface area contributed by atoms with Crippen LogP contribution in [-0.4, -0.2) is 31.6 Å². The maximum absolute atomic E-state index is 12.4. The second kappa shape index (κ2) is 5.35. The summed E-state index contributed by atoms with van der Waals surface area (Å²) in [5.74, 6) is 0.771. The lowest BCUT2D eigenvalue weighted by molar-refractivity contribution is 0.238. The van der Waals surface area contributed by atoms with Crippen molar-refractivity contribution in [3.63, 3.8) is 0 Å². The fourth-order valence-electron chi connectivity index (χ4n) is 2.76. The summed E-state index contributed by atoms with van der Waals surface area (Å²) in [6.07, 6.45) is 0.811. The molecule has 118 valence electrons. The van der Waals surface area contributed by atoms with Crippen molar-refractivity contribution in [2.75, 3.05) is 6.54 Å². The van der Waals surface area contributed by atoms with Crippen LogP contribution in [0.1, 0.15) is 49.2 Å². The Morgan fingerprint density at radius 2 is 2.14 bits per heavy atom. The molecule has 0 bridgehead atoms. The van der Waals surface area contributed by atoms with Gasteiger partial charge in [-0.2, -0.15) is 5.10 Å². The zero-order chi connectivity index (χ0) is 15.9. The van der Waals surface area contributed by atoms with Crippen LogP contribution in [0.4, 0.5) is 0 Å². The molecular formula is C16H23N5O. The molecule has 0 atom stereocenters. The largest absolute Gasteiger partial charge is 0.310 e. The second-order valence-corrected chi connectivity index (χ2v) is 7.09. The average molecular weight is 301 g/mol. The van der Waals surface area contributed by atoms with Crippen LogP contribution in [0.5, 0.6) is 0 Å². The maximum Gasteiger partial charge on any atom is 0.255 e. The van der Waals surface area contributed by atoms with E-state index in [1.54, 1.807) is 0 Å². The number of nitrogens with one attached hydrogen (secondary N) is 2. The molecule has 0 aromatic carbocycles. The summed E-state index contributed by atoms with van der Waals surface area (Å²) in [6.45, 7) is 10.5. The van der Waals surface area contributed by atoms with Crippen molar-refractivity contribution in [3.05, 3.63) is 44.9 Å². The topological polar surface area (TPSA) is 77.7 Å². The number of aromatic nitrogens is 4. The summed E-state index contributed by atoms with van der Waals surface area (Å²) in [4.78, 5) is 22.3. The molecule has 1 aliphatic heterocycles. The Morgan fingerprint density at radius 1 is 1.36 bits per heavy atom. The molecule has 3 rings (SSSR count). The van der Waals surface area contributed by atoms with Gasteiger partial charge in [0.1, 0.15) is 5.82 Å². The molecule has 0 fully saturated rings. The van der Waals surface area contributed by atoms with Gasteiger partial charge in [-0.05, 0) is 13.0 Å². The minimum Gasteiger partial charge on any atom is -0.310 e. The van der Waals surface area contributed by atoms with E-state index in [1.807, 2.05) is 13.0 Å². The van der Waals surface area contributed by atoms with E-state index in [4.69, 9.17) is 0 Å². The molecular weight excluding hydrogens is 278 g/mol. The number of H-pyrrole nitrogens is 2. The van der Waals surface area contributed by atoms with E-state index < -0.39 is 0 Å². The van der Waals surface area contributed by atoms with Crippen LogP contribution in [0.2, 0.25) is 0 Å². The number of hydrogen-bond acceptors (Lipinski definition) is 4. The van der Waals surface area contributed by atoms with Crippen LogP contribution in [0, 0.1) is 6.92 Å². The molecule has 0 radical (unpaired) electrons. The average Bonchev–Trinajstić information content (AvgIpc) is 2.83. The Balaban J connectivity index is 1.83. The van der Waals surface area contributed by atoms with Crippen LogP contribution in [0.15, 0.2) is 10.9 Å². The predicted molar refractivity (Wildman–Crippen MR) is 84.7 cm³/mol. The Bertz CT molecular complexity index is 738. The summed E-state index contributed by atoms with van der Waals surface area (Å²) in [7, 11) is 0. The van der Waals surface area contributed by atoms with Crippen molar-refractivity contribution < 1.29 is 0 Å². The molecule has 2 aromatic rings. The normalized spacial score (nSPS) is 15.8. The third-order valence-corrected chi connectivity index (χ3v) is 4.00. The highest BCUT2D eigenvalue weighted by atomic mass is 16.1. The zero-order valence-electron chi connectivity index (χ0n) is 13.7. The molecule has 0 saturated carbocycles. The van der Waals surface area contributed by atoms with Crippen molar-refractivity contribution >= 4 is 0 Å². The molecule has 0 saturated heterocycles. The molecule has 0 unspecified atom stereocenters. The molecule has 6 nitrogen and oxygen atoms in total. The Kier molecular flexibility index (Phi) is 3.64. The number of hydrogen-bond donors (Lipinski definition) is 2. The molecule has 2 N–H and O–H groups in total. The predicted octanol–water partition coefficient (Wildman–Crippen LogP) is 1.66. The van der Waals surface area contributed by atoms with Crippen molar-refractivity contribution in [2.45, 2.75) is 52.6 Å². The highest BCUT2D eigenvalue weighted by Gasteiger charge is 2.25. The summed E-state index contributed by atoms with van der Waals surface area (Å²) >= 11 is 0. The fourth-order valence-corrected chi connectivity index (χ4v) is 2.76. The lowest BCUT2D eigenvalue weighted by Gasteiger charge is -2.28. The monoisotopic (exact) mass is 301 g/mol. The van der Waals surface area contributed by atoms with E-state index >= 15 is 0 Å². The molecule has 1 aliphatic rings. The minimum absolute atomic E-state index is 0.00201. The molecule has 0 spiro atoms. The van der Waals surface area contributed by atoms with Gasteiger partial charge in [0.15, 0.2) is 0 Å². The summed E-state index contributed by atoms with van der Waals surface area (Å²) in [5, 5.41) is 7.22. The molecule has 22 heavy (non-hydrogen) atoms. The van der Waals surface area contributed by atoms with Gasteiger partial charge in [-0.1, -0.05) is 20.8 Å². The van der Waals surface area contributed by atoms with E-state index in [-0.39, 0.29) is 11.0 Å². The van der Waals surface area contributed by atoms with Crippen molar-refractivity contribution in [1.82, 2.24) is 25.1 Å². The minimum atomic E-state index is -0.141. The van der Waals surface area contributed by atoms with Crippen LogP contribution < -0.4 is 5.56 Å². The van der Waals surface area contributed by atoms with E-state index in [1.165, 1.54) is 0 Å². The van der Waals surface area contributed by atoms with E-state index in [0.29, 0.717) is 6.54 Å². The summed E-state index contributed by atoms with van der Waals surface area (Å²) in [5.41, 5.74) is 3.67. The first-order chi connectivity index (χ1) is 10.3. The first-order valence-corrected chi connectivity index (χ1v) is 7.69. The third kappa shape index (κ3) is 2.97. The van der Waals surface area contributed by atoms with Gasteiger partial charge in [-0.25, -0.2) is 4.98 Å². The highest BCUT2D eigenvalue weighted by Crippen LogP contribution is 2.21. The van der Waals surface area contributed by atoms with Gasteiger partial charge in [0.25, 0.3) is 5.56 Å². The maximum atomic E-state index is 12.4. The van der Waals surface area contributed by atoms with Gasteiger partial charge in [-0.3, -0.25) is 14.8 Å². The SMILES string of the molecule is Cc1cc(CN2CCc3nc(C(C)(C)C)[nH]c(=O)c3C2)n[nH]1. The second-order valence-electron chi connectivity index (χ2n) is 7.09. The smallest absolute Gasteiger partial charge is 0.255 e. The number of rotatable bonds is 2. The number of fused-ring (bicyclic) bond motifs is 1. The fraction of sp³-hybridized carbons (Fsp3) is 0.562. The van der Waals surface area contributed by atoms with Crippen LogP contribution in [-0.2, 0) is 24.9 Å². The van der Waals surface area contributed by atoms with Gasteiger partial charge in [-0.15, -0.1) is 0 Å². The van der Waals surface area contributed by atoms with Gasteiger partial charge in [0.2, 0.25) is 0 Å². The van der Waals surface area contributed by atoms with Gasteiger partial charge < -0.3 is 4.98 Å². The Hall–Kier alpha value is -1.95. The third-order valence-electron chi connectivity index (χ3n) is 4.00. The first-order valence-electron chi connectivity index (χ1n) is 7.69. The van der Waals surface area contributed by atoms with Gasteiger partial charge in [0, 0.05) is 37.2 Å². The lowest BCUT2D eigenvalue weighted by Crippen LogP contribution is -2.37. The quantitative estimate of drug-likeness (QED) is 0.884. The Labute approximate surface area is 130 Å². The number of aromatic amines is 2.